The van der Waals surface area contributed by atoms with Crippen LogP contribution >= 0.6 is 0 Å². The fourth-order valence-electron chi connectivity index (χ4n) is 2.21. The Morgan fingerprint density at radius 1 is 1.58 bits per heavy atom. The molecule has 12 heavy (non-hydrogen) atoms. The number of ether oxygens (including phenoxy) is 1. The van der Waals surface area contributed by atoms with E-state index in [0.717, 1.165) is 13.0 Å². The number of hydrogen-bond donors (Lipinski definition) is 1. The first-order valence-electron chi connectivity index (χ1n) is 5.03. The van der Waals surface area contributed by atoms with Gasteiger partial charge in [0.2, 0.25) is 0 Å². The highest BCUT2D eigenvalue weighted by molar-refractivity contribution is 4.99. The average Bonchev–Trinajstić information content (AvgIpc) is 2.60. The number of aliphatic hydroxyl groups is 1. The molecule has 0 aromatic heterocycles. The molecule has 0 amide bonds. The molecule has 0 spiro atoms. The standard InChI is InChI=1S/C10H18O2/c1-8(11)10(4-5-10)7-9-3-2-6-12-9/h8-9,11H,2-7H2,1H3. The molecule has 0 aromatic carbocycles. The Labute approximate surface area is 73.9 Å². The van der Waals surface area contributed by atoms with E-state index in [1.807, 2.05) is 6.92 Å². The normalized spacial score (nSPS) is 35.0. The smallest absolute Gasteiger partial charge is 0.0582 e. The van der Waals surface area contributed by atoms with Crippen molar-refractivity contribution in [3.63, 3.8) is 0 Å². The third-order valence-corrected chi connectivity index (χ3v) is 3.44. The van der Waals surface area contributed by atoms with Gasteiger partial charge in [-0.05, 0) is 44.4 Å². The second kappa shape index (κ2) is 3.00. The highest BCUT2D eigenvalue weighted by Crippen LogP contribution is 2.53. The Kier molecular flexibility index (Phi) is 2.13. The van der Waals surface area contributed by atoms with Gasteiger partial charge in [0, 0.05) is 6.61 Å². The molecule has 2 aliphatic rings. The molecular weight excluding hydrogens is 152 g/mol. The molecule has 1 N–H and O–H groups in total. The van der Waals surface area contributed by atoms with Crippen LogP contribution < -0.4 is 0 Å². The highest BCUT2D eigenvalue weighted by atomic mass is 16.5. The van der Waals surface area contributed by atoms with Crippen LogP contribution in [-0.4, -0.2) is 23.9 Å². The lowest BCUT2D eigenvalue weighted by molar-refractivity contribution is 0.0400. The van der Waals surface area contributed by atoms with Crippen molar-refractivity contribution in [2.24, 2.45) is 5.41 Å². The lowest BCUT2D eigenvalue weighted by atomic mass is 9.92. The first kappa shape index (κ1) is 8.52. The summed E-state index contributed by atoms with van der Waals surface area (Å²) in [5, 5.41) is 9.55. The Bertz CT molecular complexity index is 155. The van der Waals surface area contributed by atoms with Gasteiger partial charge in [0.25, 0.3) is 0 Å². The summed E-state index contributed by atoms with van der Waals surface area (Å²) in [6, 6.07) is 0. The van der Waals surface area contributed by atoms with Gasteiger partial charge in [-0.15, -0.1) is 0 Å². The zero-order valence-corrected chi connectivity index (χ0v) is 7.75. The van der Waals surface area contributed by atoms with Crippen molar-refractivity contribution in [1.82, 2.24) is 0 Å². The van der Waals surface area contributed by atoms with Crippen LogP contribution in [0.25, 0.3) is 0 Å². The van der Waals surface area contributed by atoms with Crippen molar-refractivity contribution in [1.29, 1.82) is 0 Å². The van der Waals surface area contributed by atoms with E-state index in [2.05, 4.69) is 0 Å². The molecule has 1 saturated carbocycles. The predicted octanol–water partition coefficient (Wildman–Crippen LogP) is 1.72. The minimum Gasteiger partial charge on any atom is -0.393 e. The summed E-state index contributed by atoms with van der Waals surface area (Å²) in [5.41, 5.74) is 0.245. The molecule has 0 radical (unpaired) electrons. The number of aliphatic hydroxyl groups excluding tert-OH is 1. The van der Waals surface area contributed by atoms with Gasteiger partial charge < -0.3 is 9.84 Å². The average molecular weight is 170 g/mol. The maximum absolute atomic E-state index is 9.55. The summed E-state index contributed by atoms with van der Waals surface area (Å²) in [6.07, 6.45) is 6.21. The van der Waals surface area contributed by atoms with Crippen molar-refractivity contribution in [2.75, 3.05) is 6.61 Å². The summed E-state index contributed by atoms with van der Waals surface area (Å²) >= 11 is 0. The third kappa shape index (κ3) is 1.50. The van der Waals surface area contributed by atoms with Crippen molar-refractivity contribution >= 4 is 0 Å². The highest BCUT2D eigenvalue weighted by Gasteiger charge is 2.48. The lowest BCUT2D eigenvalue weighted by Crippen LogP contribution is -2.23. The monoisotopic (exact) mass is 170 g/mol. The maximum Gasteiger partial charge on any atom is 0.0582 e. The second-order valence-electron chi connectivity index (χ2n) is 4.38. The summed E-state index contributed by atoms with van der Waals surface area (Å²) in [5.74, 6) is 0. The Balaban J connectivity index is 1.85. The molecule has 2 rings (SSSR count). The van der Waals surface area contributed by atoms with E-state index in [1.54, 1.807) is 0 Å². The summed E-state index contributed by atoms with van der Waals surface area (Å²) in [7, 11) is 0. The van der Waals surface area contributed by atoms with Gasteiger partial charge in [-0.3, -0.25) is 0 Å². The Morgan fingerprint density at radius 3 is 2.75 bits per heavy atom. The van der Waals surface area contributed by atoms with E-state index in [-0.39, 0.29) is 11.5 Å². The molecule has 1 heterocycles. The van der Waals surface area contributed by atoms with Crippen molar-refractivity contribution in [2.45, 2.75) is 51.2 Å². The van der Waals surface area contributed by atoms with Gasteiger partial charge in [0.05, 0.1) is 12.2 Å². The maximum atomic E-state index is 9.55. The fraction of sp³-hybridized carbons (Fsp3) is 1.00. The number of rotatable bonds is 3. The van der Waals surface area contributed by atoms with Gasteiger partial charge in [0.15, 0.2) is 0 Å². The van der Waals surface area contributed by atoms with Gasteiger partial charge in [-0.25, -0.2) is 0 Å². The molecule has 1 aliphatic carbocycles. The minimum atomic E-state index is -0.137. The molecule has 1 aliphatic heterocycles. The predicted molar refractivity (Wildman–Crippen MR) is 46.9 cm³/mol. The van der Waals surface area contributed by atoms with Crippen LogP contribution in [0.1, 0.15) is 39.0 Å². The zero-order valence-electron chi connectivity index (χ0n) is 7.75. The van der Waals surface area contributed by atoms with Gasteiger partial charge in [-0.1, -0.05) is 0 Å². The van der Waals surface area contributed by atoms with Crippen LogP contribution in [-0.2, 0) is 4.74 Å². The van der Waals surface area contributed by atoms with E-state index in [0.29, 0.717) is 6.10 Å². The van der Waals surface area contributed by atoms with Crippen LogP contribution in [0.15, 0.2) is 0 Å². The second-order valence-corrected chi connectivity index (χ2v) is 4.38. The van der Waals surface area contributed by atoms with Crippen LogP contribution in [0.2, 0.25) is 0 Å². The zero-order chi connectivity index (χ0) is 8.60. The minimum absolute atomic E-state index is 0.137. The molecule has 1 saturated heterocycles. The van der Waals surface area contributed by atoms with Crippen LogP contribution in [0.4, 0.5) is 0 Å². The van der Waals surface area contributed by atoms with E-state index < -0.39 is 0 Å². The molecule has 0 bridgehead atoms. The topological polar surface area (TPSA) is 29.5 Å². The van der Waals surface area contributed by atoms with Crippen molar-refractivity contribution < 1.29 is 9.84 Å². The summed E-state index contributed by atoms with van der Waals surface area (Å²) in [4.78, 5) is 0. The molecule has 2 nitrogen and oxygen atoms in total. The van der Waals surface area contributed by atoms with Crippen LogP contribution in [0.3, 0.4) is 0 Å². The summed E-state index contributed by atoms with van der Waals surface area (Å²) < 4.78 is 5.57. The lowest BCUT2D eigenvalue weighted by Gasteiger charge is -2.21. The van der Waals surface area contributed by atoms with E-state index >= 15 is 0 Å². The van der Waals surface area contributed by atoms with Gasteiger partial charge in [0.1, 0.15) is 0 Å². The van der Waals surface area contributed by atoms with E-state index in [9.17, 15) is 5.11 Å². The largest absolute Gasteiger partial charge is 0.393 e. The molecular formula is C10H18O2. The van der Waals surface area contributed by atoms with Crippen molar-refractivity contribution in [3.05, 3.63) is 0 Å². The Morgan fingerprint density at radius 2 is 2.33 bits per heavy atom. The first-order chi connectivity index (χ1) is 5.73. The van der Waals surface area contributed by atoms with E-state index in [4.69, 9.17) is 4.74 Å². The van der Waals surface area contributed by atoms with Crippen LogP contribution in [0.5, 0.6) is 0 Å². The van der Waals surface area contributed by atoms with Crippen LogP contribution in [0, 0.1) is 5.41 Å². The SMILES string of the molecule is CC(O)C1(CC2CCCO2)CC1. The van der Waals surface area contributed by atoms with Crippen molar-refractivity contribution in [3.8, 4) is 0 Å². The Hall–Kier alpha value is -0.0800. The molecule has 2 fully saturated rings. The van der Waals surface area contributed by atoms with Gasteiger partial charge >= 0.3 is 0 Å². The summed E-state index contributed by atoms with van der Waals surface area (Å²) in [6.45, 7) is 2.85. The van der Waals surface area contributed by atoms with Gasteiger partial charge in [-0.2, -0.15) is 0 Å². The fourth-order valence-corrected chi connectivity index (χ4v) is 2.21. The third-order valence-electron chi connectivity index (χ3n) is 3.44. The number of hydrogen-bond acceptors (Lipinski definition) is 2. The molecule has 0 aromatic rings. The molecule has 2 unspecified atom stereocenters. The first-order valence-corrected chi connectivity index (χ1v) is 5.03. The molecule has 2 heteroatoms. The van der Waals surface area contributed by atoms with E-state index in [1.165, 1.54) is 25.7 Å². The molecule has 70 valence electrons. The molecule has 2 atom stereocenters. The quantitative estimate of drug-likeness (QED) is 0.698.